The van der Waals surface area contributed by atoms with Crippen LogP contribution in [0.5, 0.6) is 0 Å². The maximum Gasteiger partial charge on any atom is 0.289 e. The van der Waals surface area contributed by atoms with Gasteiger partial charge in [-0.05, 0) is 63.3 Å². The van der Waals surface area contributed by atoms with Gasteiger partial charge in [0.1, 0.15) is 5.82 Å². The van der Waals surface area contributed by atoms with Crippen molar-refractivity contribution in [3.8, 4) is 0 Å². The van der Waals surface area contributed by atoms with Gasteiger partial charge in [0.05, 0.1) is 5.52 Å². The van der Waals surface area contributed by atoms with Crippen molar-refractivity contribution in [2.24, 2.45) is 0 Å². The van der Waals surface area contributed by atoms with Crippen LogP contribution in [0.4, 0.5) is 11.5 Å². The van der Waals surface area contributed by atoms with Crippen molar-refractivity contribution >= 4 is 28.3 Å². The number of para-hydroxylation sites is 1. The van der Waals surface area contributed by atoms with E-state index in [0.29, 0.717) is 12.4 Å². The molecule has 5 heteroatoms. The summed E-state index contributed by atoms with van der Waals surface area (Å²) in [4.78, 5) is 21.7. The van der Waals surface area contributed by atoms with E-state index < -0.39 is 0 Å². The molecule has 0 atom stereocenters. The fourth-order valence-electron chi connectivity index (χ4n) is 3.59. The van der Waals surface area contributed by atoms with Crippen molar-refractivity contribution in [2.75, 3.05) is 11.9 Å². The zero-order valence-electron chi connectivity index (χ0n) is 16.7. The van der Waals surface area contributed by atoms with Crippen LogP contribution in [0, 0.1) is 6.92 Å². The SMILES string of the molecule is Cc1ccc(Nc2nc(C(=O)NCCC3=CCCCC3)nc3ccccc23)cc1. The van der Waals surface area contributed by atoms with Crippen LogP contribution in [-0.2, 0) is 0 Å². The predicted molar refractivity (Wildman–Crippen MR) is 118 cm³/mol. The van der Waals surface area contributed by atoms with Gasteiger partial charge in [0.25, 0.3) is 5.91 Å². The molecule has 0 fully saturated rings. The molecule has 1 heterocycles. The van der Waals surface area contributed by atoms with E-state index in [1.807, 2.05) is 48.5 Å². The third kappa shape index (κ3) is 4.80. The molecule has 0 spiro atoms. The van der Waals surface area contributed by atoms with Gasteiger partial charge in [-0.25, -0.2) is 9.97 Å². The molecular weight excluding hydrogens is 360 g/mol. The molecule has 0 unspecified atom stereocenters. The normalized spacial score (nSPS) is 13.8. The van der Waals surface area contributed by atoms with Crippen molar-refractivity contribution in [3.63, 3.8) is 0 Å². The Bertz CT molecular complexity index is 1040. The van der Waals surface area contributed by atoms with Crippen LogP contribution in [0.25, 0.3) is 10.9 Å². The molecule has 1 aromatic heterocycles. The molecule has 148 valence electrons. The van der Waals surface area contributed by atoms with Gasteiger partial charge in [0, 0.05) is 17.6 Å². The number of carbonyl (C=O) groups excluding carboxylic acids is 1. The van der Waals surface area contributed by atoms with Gasteiger partial charge in [0.15, 0.2) is 0 Å². The van der Waals surface area contributed by atoms with Crippen LogP contribution in [0.15, 0.2) is 60.2 Å². The van der Waals surface area contributed by atoms with Crippen LogP contribution < -0.4 is 10.6 Å². The first-order valence-corrected chi connectivity index (χ1v) is 10.3. The number of nitrogens with zero attached hydrogens (tertiary/aromatic N) is 2. The zero-order valence-corrected chi connectivity index (χ0v) is 16.7. The fraction of sp³-hybridized carbons (Fsp3) is 0.292. The number of fused-ring (bicyclic) bond motifs is 1. The summed E-state index contributed by atoms with van der Waals surface area (Å²) in [6, 6.07) is 15.8. The third-order valence-electron chi connectivity index (χ3n) is 5.24. The Labute approximate surface area is 171 Å². The van der Waals surface area contributed by atoms with Crippen LogP contribution in [-0.4, -0.2) is 22.4 Å². The molecule has 0 bridgehead atoms. The molecule has 1 aliphatic rings. The van der Waals surface area contributed by atoms with Crippen LogP contribution in [0.1, 0.15) is 48.3 Å². The average Bonchev–Trinajstić information content (AvgIpc) is 2.76. The zero-order chi connectivity index (χ0) is 20.1. The van der Waals surface area contributed by atoms with Gasteiger partial charge in [-0.3, -0.25) is 4.79 Å². The number of rotatable bonds is 6. The Morgan fingerprint density at radius 2 is 1.86 bits per heavy atom. The van der Waals surface area contributed by atoms with E-state index in [1.54, 1.807) is 0 Å². The van der Waals surface area contributed by atoms with E-state index in [2.05, 4.69) is 33.6 Å². The number of hydrogen-bond acceptors (Lipinski definition) is 4. The summed E-state index contributed by atoms with van der Waals surface area (Å²) < 4.78 is 0. The number of aromatic nitrogens is 2. The van der Waals surface area contributed by atoms with E-state index in [4.69, 9.17) is 0 Å². The third-order valence-corrected chi connectivity index (χ3v) is 5.24. The van der Waals surface area contributed by atoms with Gasteiger partial charge in [0.2, 0.25) is 5.82 Å². The number of allylic oxidation sites excluding steroid dienone is 1. The highest BCUT2D eigenvalue weighted by molar-refractivity contribution is 5.97. The summed E-state index contributed by atoms with van der Waals surface area (Å²) in [5, 5.41) is 7.20. The summed E-state index contributed by atoms with van der Waals surface area (Å²) in [6.45, 7) is 2.66. The van der Waals surface area contributed by atoms with E-state index in [1.165, 1.54) is 24.0 Å². The predicted octanol–water partition coefficient (Wildman–Crippen LogP) is 5.30. The first kappa shape index (κ1) is 19.1. The summed E-state index contributed by atoms with van der Waals surface area (Å²) >= 11 is 0. The lowest BCUT2D eigenvalue weighted by Gasteiger charge is -2.13. The molecule has 1 amide bonds. The van der Waals surface area contributed by atoms with E-state index in [9.17, 15) is 4.79 Å². The maximum atomic E-state index is 12.7. The minimum absolute atomic E-state index is 0.191. The molecule has 3 aromatic rings. The molecule has 2 aromatic carbocycles. The summed E-state index contributed by atoms with van der Waals surface area (Å²) in [5.41, 5.74) is 4.31. The van der Waals surface area contributed by atoms with Gasteiger partial charge < -0.3 is 10.6 Å². The van der Waals surface area contributed by atoms with Crippen molar-refractivity contribution in [3.05, 3.63) is 71.6 Å². The molecule has 0 radical (unpaired) electrons. The average molecular weight is 386 g/mol. The summed E-state index contributed by atoms with van der Waals surface area (Å²) in [6.07, 6.45) is 8.04. The molecule has 2 N–H and O–H groups in total. The number of carbonyl (C=O) groups is 1. The van der Waals surface area contributed by atoms with Gasteiger partial charge >= 0.3 is 0 Å². The smallest absolute Gasteiger partial charge is 0.289 e. The quantitative estimate of drug-likeness (QED) is 0.564. The highest BCUT2D eigenvalue weighted by atomic mass is 16.2. The van der Waals surface area contributed by atoms with Gasteiger partial charge in [-0.2, -0.15) is 0 Å². The first-order valence-electron chi connectivity index (χ1n) is 10.3. The molecule has 29 heavy (non-hydrogen) atoms. The largest absolute Gasteiger partial charge is 0.349 e. The van der Waals surface area contributed by atoms with Crippen molar-refractivity contribution in [1.82, 2.24) is 15.3 Å². The van der Waals surface area contributed by atoms with Gasteiger partial charge in [-0.1, -0.05) is 41.5 Å². The Kier molecular flexibility index (Phi) is 5.84. The summed E-state index contributed by atoms with van der Waals surface area (Å²) in [7, 11) is 0. The second-order valence-corrected chi connectivity index (χ2v) is 7.52. The van der Waals surface area contributed by atoms with Crippen molar-refractivity contribution in [2.45, 2.75) is 39.0 Å². The Hall–Kier alpha value is -3.21. The molecule has 0 aliphatic heterocycles. The number of nitrogens with one attached hydrogen (secondary N) is 2. The number of benzene rings is 2. The maximum absolute atomic E-state index is 12.7. The molecule has 5 nitrogen and oxygen atoms in total. The molecular formula is C24H26N4O. The van der Waals surface area contributed by atoms with E-state index in [0.717, 1.165) is 35.9 Å². The highest BCUT2D eigenvalue weighted by Crippen LogP contribution is 2.24. The second kappa shape index (κ2) is 8.86. The first-order chi connectivity index (χ1) is 14.2. The molecule has 0 saturated carbocycles. The standard InChI is InChI=1S/C24H26N4O/c1-17-11-13-19(14-12-17)26-22-20-9-5-6-10-21(20)27-23(28-22)24(29)25-16-15-18-7-3-2-4-8-18/h5-7,9-14H,2-4,8,15-16H2,1H3,(H,25,29)(H,26,27,28). The number of amides is 1. The number of anilines is 2. The van der Waals surface area contributed by atoms with Crippen LogP contribution in [0.3, 0.4) is 0 Å². The Morgan fingerprint density at radius 1 is 1.03 bits per heavy atom. The lowest BCUT2D eigenvalue weighted by molar-refractivity contribution is 0.0944. The molecule has 1 aliphatic carbocycles. The molecule has 0 saturated heterocycles. The monoisotopic (exact) mass is 386 g/mol. The second-order valence-electron chi connectivity index (χ2n) is 7.52. The number of hydrogen-bond donors (Lipinski definition) is 2. The minimum atomic E-state index is -0.237. The van der Waals surface area contributed by atoms with Crippen molar-refractivity contribution < 1.29 is 4.79 Å². The van der Waals surface area contributed by atoms with Crippen LogP contribution >= 0.6 is 0 Å². The highest BCUT2D eigenvalue weighted by Gasteiger charge is 2.14. The lowest BCUT2D eigenvalue weighted by Crippen LogP contribution is -2.27. The van der Waals surface area contributed by atoms with E-state index >= 15 is 0 Å². The Morgan fingerprint density at radius 3 is 2.66 bits per heavy atom. The Balaban J connectivity index is 1.53. The lowest BCUT2D eigenvalue weighted by atomic mass is 9.97. The van der Waals surface area contributed by atoms with Crippen molar-refractivity contribution in [1.29, 1.82) is 0 Å². The number of aryl methyl sites for hydroxylation is 1. The summed E-state index contributed by atoms with van der Waals surface area (Å²) in [5.74, 6) is 0.592. The fourth-order valence-corrected chi connectivity index (χ4v) is 3.59. The topological polar surface area (TPSA) is 66.9 Å². The van der Waals surface area contributed by atoms with E-state index in [-0.39, 0.29) is 11.7 Å². The van der Waals surface area contributed by atoms with Gasteiger partial charge in [-0.15, -0.1) is 0 Å². The van der Waals surface area contributed by atoms with Crippen LogP contribution in [0.2, 0.25) is 0 Å². The molecule has 4 rings (SSSR count). The minimum Gasteiger partial charge on any atom is -0.349 e.